The number of hydrogen-bond donors (Lipinski definition) is 0. The predicted molar refractivity (Wildman–Crippen MR) is 70.8 cm³/mol. The van der Waals surface area contributed by atoms with E-state index in [0.717, 1.165) is 5.56 Å². The molecule has 1 amide bonds. The zero-order valence-corrected chi connectivity index (χ0v) is 11.3. The SMILES string of the molecule is COCCN(CCOC)C(=O)c1ccc(C)cc1. The summed E-state index contributed by atoms with van der Waals surface area (Å²) in [6.07, 6.45) is 0. The Balaban J connectivity index is 2.70. The predicted octanol–water partition coefficient (Wildman–Crippen LogP) is 1.73. The van der Waals surface area contributed by atoms with E-state index in [1.54, 1.807) is 19.1 Å². The van der Waals surface area contributed by atoms with Crippen LogP contribution in [0.5, 0.6) is 0 Å². The second-order valence-corrected chi connectivity index (χ2v) is 4.14. The maximum Gasteiger partial charge on any atom is 0.254 e. The third-order valence-corrected chi connectivity index (χ3v) is 2.72. The van der Waals surface area contributed by atoms with E-state index < -0.39 is 0 Å². The number of methoxy groups -OCH3 is 2. The molecule has 0 aliphatic heterocycles. The van der Waals surface area contributed by atoms with Gasteiger partial charge in [0.25, 0.3) is 5.91 Å². The maximum atomic E-state index is 12.3. The Kier molecular flexibility index (Phi) is 6.39. The first kappa shape index (κ1) is 14.7. The van der Waals surface area contributed by atoms with Crippen molar-refractivity contribution in [2.75, 3.05) is 40.5 Å². The molecule has 0 aliphatic rings. The summed E-state index contributed by atoms with van der Waals surface area (Å²) in [5, 5.41) is 0. The number of hydrogen-bond acceptors (Lipinski definition) is 3. The van der Waals surface area contributed by atoms with Crippen LogP contribution in [-0.4, -0.2) is 51.3 Å². The van der Waals surface area contributed by atoms with Crippen LogP contribution in [0, 0.1) is 6.92 Å². The molecule has 0 saturated heterocycles. The van der Waals surface area contributed by atoms with Gasteiger partial charge in [-0.25, -0.2) is 0 Å². The minimum absolute atomic E-state index is 0.0177. The van der Waals surface area contributed by atoms with Crippen molar-refractivity contribution in [3.05, 3.63) is 35.4 Å². The van der Waals surface area contributed by atoms with Crippen LogP contribution in [0.3, 0.4) is 0 Å². The standard InChI is InChI=1S/C14H21NO3/c1-12-4-6-13(7-5-12)14(16)15(8-10-17-2)9-11-18-3/h4-7H,8-11H2,1-3H3. The maximum absolute atomic E-state index is 12.3. The molecule has 0 unspecified atom stereocenters. The van der Waals surface area contributed by atoms with E-state index in [-0.39, 0.29) is 5.91 Å². The molecule has 1 aromatic carbocycles. The molecular weight excluding hydrogens is 230 g/mol. The fourth-order valence-corrected chi connectivity index (χ4v) is 1.60. The lowest BCUT2D eigenvalue weighted by atomic mass is 10.1. The first-order valence-corrected chi connectivity index (χ1v) is 6.03. The number of nitrogens with zero attached hydrogens (tertiary/aromatic N) is 1. The molecule has 0 atom stereocenters. The zero-order chi connectivity index (χ0) is 13.4. The van der Waals surface area contributed by atoms with E-state index in [1.165, 1.54) is 0 Å². The molecule has 0 heterocycles. The highest BCUT2D eigenvalue weighted by Gasteiger charge is 2.14. The molecule has 0 aromatic heterocycles. The lowest BCUT2D eigenvalue weighted by molar-refractivity contribution is 0.0627. The Morgan fingerprint density at radius 2 is 1.56 bits per heavy atom. The second kappa shape index (κ2) is 7.84. The van der Waals surface area contributed by atoms with E-state index in [0.29, 0.717) is 31.9 Å². The van der Waals surface area contributed by atoms with E-state index >= 15 is 0 Å². The van der Waals surface area contributed by atoms with Gasteiger partial charge in [0, 0.05) is 32.9 Å². The van der Waals surface area contributed by atoms with E-state index in [4.69, 9.17) is 9.47 Å². The van der Waals surface area contributed by atoms with Crippen LogP contribution in [-0.2, 0) is 9.47 Å². The molecule has 0 fully saturated rings. The molecule has 0 saturated carbocycles. The number of amides is 1. The van der Waals surface area contributed by atoms with Crippen molar-refractivity contribution >= 4 is 5.91 Å². The summed E-state index contributed by atoms with van der Waals surface area (Å²) in [4.78, 5) is 14.0. The van der Waals surface area contributed by atoms with Crippen LogP contribution in [0.15, 0.2) is 24.3 Å². The number of carbonyl (C=O) groups excluding carboxylic acids is 1. The Bertz CT molecular complexity index is 354. The topological polar surface area (TPSA) is 38.8 Å². The van der Waals surface area contributed by atoms with Crippen LogP contribution >= 0.6 is 0 Å². The van der Waals surface area contributed by atoms with Gasteiger partial charge in [0.1, 0.15) is 0 Å². The average molecular weight is 251 g/mol. The molecule has 0 aliphatic carbocycles. The van der Waals surface area contributed by atoms with Gasteiger partial charge in [0.05, 0.1) is 13.2 Å². The van der Waals surface area contributed by atoms with Gasteiger partial charge in [0.2, 0.25) is 0 Å². The van der Waals surface area contributed by atoms with Gasteiger partial charge in [-0.3, -0.25) is 4.79 Å². The number of ether oxygens (including phenoxy) is 2. The summed E-state index contributed by atoms with van der Waals surface area (Å²) in [7, 11) is 3.26. The Morgan fingerprint density at radius 1 is 1.06 bits per heavy atom. The monoisotopic (exact) mass is 251 g/mol. The van der Waals surface area contributed by atoms with Gasteiger partial charge in [-0.15, -0.1) is 0 Å². The third kappa shape index (κ3) is 4.47. The van der Waals surface area contributed by atoms with Crippen LogP contribution in [0.25, 0.3) is 0 Å². The van der Waals surface area contributed by atoms with Crippen molar-refractivity contribution < 1.29 is 14.3 Å². The Morgan fingerprint density at radius 3 is 2.00 bits per heavy atom. The fourth-order valence-electron chi connectivity index (χ4n) is 1.60. The summed E-state index contributed by atoms with van der Waals surface area (Å²) < 4.78 is 10.0. The van der Waals surface area contributed by atoms with E-state index in [2.05, 4.69) is 0 Å². The van der Waals surface area contributed by atoms with Crippen LogP contribution in [0.4, 0.5) is 0 Å². The van der Waals surface area contributed by atoms with Gasteiger partial charge >= 0.3 is 0 Å². The van der Waals surface area contributed by atoms with Crippen LogP contribution in [0.2, 0.25) is 0 Å². The van der Waals surface area contributed by atoms with Crippen molar-refractivity contribution in [3.63, 3.8) is 0 Å². The smallest absolute Gasteiger partial charge is 0.254 e. The minimum Gasteiger partial charge on any atom is -0.383 e. The molecule has 0 radical (unpaired) electrons. The third-order valence-electron chi connectivity index (χ3n) is 2.72. The number of rotatable bonds is 7. The molecule has 100 valence electrons. The van der Waals surface area contributed by atoms with Crippen molar-refractivity contribution in [2.45, 2.75) is 6.92 Å². The fraction of sp³-hybridized carbons (Fsp3) is 0.500. The van der Waals surface area contributed by atoms with E-state index in [1.807, 2.05) is 31.2 Å². The summed E-state index contributed by atoms with van der Waals surface area (Å²) in [5.41, 5.74) is 1.85. The first-order chi connectivity index (χ1) is 8.69. The van der Waals surface area contributed by atoms with Gasteiger partial charge in [-0.05, 0) is 19.1 Å². The summed E-state index contributed by atoms with van der Waals surface area (Å²) in [5.74, 6) is 0.0177. The lowest BCUT2D eigenvalue weighted by Crippen LogP contribution is -2.36. The highest BCUT2D eigenvalue weighted by Crippen LogP contribution is 2.07. The molecule has 0 spiro atoms. The molecule has 0 N–H and O–H groups in total. The molecule has 4 heteroatoms. The average Bonchev–Trinajstić information content (AvgIpc) is 2.39. The molecule has 1 aromatic rings. The number of aryl methyl sites for hydroxylation is 1. The van der Waals surface area contributed by atoms with Crippen molar-refractivity contribution in [2.24, 2.45) is 0 Å². The molecular formula is C14H21NO3. The summed E-state index contributed by atoms with van der Waals surface area (Å²) in [6, 6.07) is 7.59. The summed E-state index contributed by atoms with van der Waals surface area (Å²) in [6.45, 7) is 4.21. The molecule has 0 bridgehead atoms. The first-order valence-electron chi connectivity index (χ1n) is 6.03. The minimum atomic E-state index is 0.0177. The highest BCUT2D eigenvalue weighted by atomic mass is 16.5. The Labute approximate surface area is 108 Å². The molecule has 18 heavy (non-hydrogen) atoms. The molecule has 1 rings (SSSR count). The van der Waals surface area contributed by atoms with Gasteiger partial charge in [0.15, 0.2) is 0 Å². The largest absolute Gasteiger partial charge is 0.383 e. The Hall–Kier alpha value is -1.39. The molecule has 4 nitrogen and oxygen atoms in total. The van der Waals surface area contributed by atoms with Gasteiger partial charge in [-0.1, -0.05) is 17.7 Å². The quantitative estimate of drug-likeness (QED) is 0.741. The number of benzene rings is 1. The lowest BCUT2D eigenvalue weighted by Gasteiger charge is -2.22. The van der Waals surface area contributed by atoms with Gasteiger partial charge < -0.3 is 14.4 Å². The van der Waals surface area contributed by atoms with Crippen molar-refractivity contribution in [1.82, 2.24) is 4.90 Å². The van der Waals surface area contributed by atoms with Crippen LogP contribution in [0.1, 0.15) is 15.9 Å². The summed E-state index contributed by atoms with van der Waals surface area (Å²) >= 11 is 0. The second-order valence-electron chi connectivity index (χ2n) is 4.14. The van der Waals surface area contributed by atoms with E-state index in [9.17, 15) is 4.79 Å². The van der Waals surface area contributed by atoms with Crippen molar-refractivity contribution in [1.29, 1.82) is 0 Å². The van der Waals surface area contributed by atoms with Crippen molar-refractivity contribution in [3.8, 4) is 0 Å². The number of carbonyl (C=O) groups is 1. The van der Waals surface area contributed by atoms with Gasteiger partial charge in [-0.2, -0.15) is 0 Å². The zero-order valence-electron chi connectivity index (χ0n) is 11.3. The normalized spacial score (nSPS) is 10.4. The highest BCUT2D eigenvalue weighted by molar-refractivity contribution is 5.94. The van der Waals surface area contributed by atoms with Crippen LogP contribution < -0.4 is 0 Å².